The van der Waals surface area contributed by atoms with Crippen LogP contribution in [-0.4, -0.2) is 33.2 Å². The van der Waals surface area contributed by atoms with Crippen LogP contribution in [0.4, 0.5) is 0 Å². The van der Waals surface area contributed by atoms with E-state index in [-0.39, 0.29) is 11.9 Å². The summed E-state index contributed by atoms with van der Waals surface area (Å²) in [5.41, 5.74) is 0.681. The number of nitrogens with zero attached hydrogens (tertiary/aromatic N) is 3. The number of fused-ring (bicyclic) bond motifs is 1. The third kappa shape index (κ3) is 2.72. The van der Waals surface area contributed by atoms with Crippen LogP contribution in [0.1, 0.15) is 23.4 Å². The fourth-order valence-electron chi connectivity index (χ4n) is 3.18. The van der Waals surface area contributed by atoms with Crippen LogP contribution in [0.2, 0.25) is 5.02 Å². The van der Waals surface area contributed by atoms with Gasteiger partial charge in [0.15, 0.2) is 5.76 Å². The molecular formula is C17H16ClN3O2. The van der Waals surface area contributed by atoms with Crippen molar-refractivity contribution in [2.75, 3.05) is 6.54 Å². The monoisotopic (exact) mass is 329 g/mol. The zero-order valence-corrected chi connectivity index (χ0v) is 13.2. The molecule has 0 radical (unpaired) electrons. The van der Waals surface area contributed by atoms with Gasteiger partial charge in [0.25, 0.3) is 5.91 Å². The molecule has 1 aliphatic heterocycles. The van der Waals surface area contributed by atoms with Gasteiger partial charge in [0.2, 0.25) is 0 Å². The van der Waals surface area contributed by atoms with Crippen molar-refractivity contribution in [2.45, 2.75) is 25.4 Å². The molecule has 1 aliphatic rings. The minimum atomic E-state index is -0.0630. The summed E-state index contributed by atoms with van der Waals surface area (Å²) in [6, 6.07) is 9.18. The molecule has 0 N–H and O–H groups in total. The first-order valence-corrected chi connectivity index (χ1v) is 8.06. The van der Waals surface area contributed by atoms with Gasteiger partial charge in [-0.3, -0.25) is 9.48 Å². The number of carbonyl (C=O) groups excluding carboxylic acids is 1. The van der Waals surface area contributed by atoms with E-state index >= 15 is 0 Å². The lowest BCUT2D eigenvalue weighted by Gasteiger charge is -2.23. The maximum Gasteiger partial charge on any atom is 0.289 e. The number of furan rings is 1. The lowest BCUT2D eigenvalue weighted by molar-refractivity contribution is 0.0691. The van der Waals surface area contributed by atoms with Gasteiger partial charge in [0.05, 0.1) is 12.6 Å². The molecule has 1 atom stereocenters. The number of likely N-dealkylation sites (tertiary alicyclic amines) is 1. The van der Waals surface area contributed by atoms with Crippen molar-refractivity contribution in [3.63, 3.8) is 0 Å². The average Bonchev–Trinajstić information content (AvgIpc) is 3.26. The summed E-state index contributed by atoms with van der Waals surface area (Å²) in [5, 5.41) is 5.72. The number of hydrogen-bond donors (Lipinski definition) is 0. The van der Waals surface area contributed by atoms with Crippen LogP contribution >= 0.6 is 11.6 Å². The van der Waals surface area contributed by atoms with Crippen molar-refractivity contribution >= 4 is 28.5 Å². The molecular weight excluding hydrogens is 314 g/mol. The number of halogens is 1. The average molecular weight is 330 g/mol. The van der Waals surface area contributed by atoms with Crippen LogP contribution in [0.3, 0.4) is 0 Å². The first-order valence-electron chi connectivity index (χ1n) is 7.68. The Balaban J connectivity index is 1.58. The minimum absolute atomic E-state index is 0.0630. The number of benzene rings is 1. The molecule has 1 fully saturated rings. The summed E-state index contributed by atoms with van der Waals surface area (Å²) in [5.74, 6) is 0.307. The maximum atomic E-state index is 12.8. The van der Waals surface area contributed by atoms with Crippen LogP contribution in [0.15, 0.2) is 47.1 Å². The van der Waals surface area contributed by atoms with E-state index in [9.17, 15) is 4.79 Å². The highest BCUT2D eigenvalue weighted by molar-refractivity contribution is 6.31. The summed E-state index contributed by atoms with van der Waals surface area (Å²) < 4.78 is 7.58. The van der Waals surface area contributed by atoms with Crippen molar-refractivity contribution < 1.29 is 9.21 Å². The van der Waals surface area contributed by atoms with Gasteiger partial charge in [0, 0.05) is 29.3 Å². The van der Waals surface area contributed by atoms with E-state index in [4.69, 9.17) is 16.0 Å². The molecule has 5 nitrogen and oxygen atoms in total. The molecule has 4 rings (SSSR count). The summed E-state index contributed by atoms with van der Waals surface area (Å²) in [6.07, 6.45) is 5.66. The Morgan fingerprint density at radius 3 is 3.13 bits per heavy atom. The van der Waals surface area contributed by atoms with Crippen LogP contribution < -0.4 is 0 Å². The van der Waals surface area contributed by atoms with Crippen molar-refractivity contribution in [3.8, 4) is 0 Å². The molecule has 118 valence electrons. The third-order valence-corrected chi connectivity index (χ3v) is 4.52. The molecule has 1 saturated heterocycles. The van der Waals surface area contributed by atoms with Gasteiger partial charge in [0.1, 0.15) is 5.58 Å². The van der Waals surface area contributed by atoms with Gasteiger partial charge in [-0.1, -0.05) is 11.6 Å². The van der Waals surface area contributed by atoms with E-state index < -0.39 is 0 Å². The number of rotatable bonds is 3. The van der Waals surface area contributed by atoms with Crippen molar-refractivity contribution in [1.29, 1.82) is 0 Å². The van der Waals surface area contributed by atoms with Gasteiger partial charge >= 0.3 is 0 Å². The summed E-state index contributed by atoms with van der Waals surface area (Å²) in [7, 11) is 0. The van der Waals surface area contributed by atoms with Crippen molar-refractivity contribution in [3.05, 3.63) is 53.5 Å². The predicted molar refractivity (Wildman–Crippen MR) is 87.5 cm³/mol. The molecule has 23 heavy (non-hydrogen) atoms. The summed E-state index contributed by atoms with van der Waals surface area (Å²) in [6.45, 7) is 1.47. The van der Waals surface area contributed by atoms with E-state index in [1.165, 1.54) is 0 Å². The molecule has 3 aromatic rings. The Morgan fingerprint density at radius 1 is 1.39 bits per heavy atom. The zero-order valence-electron chi connectivity index (χ0n) is 12.5. The molecule has 0 saturated carbocycles. The number of hydrogen-bond acceptors (Lipinski definition) is 3. The third-order valence-electron chi connectivity index (χ3n) is 4.28. The normalized spacial score (nSPS) is 18.0. The lowest BCUT2D eigenvalue weighted by atomic mass is 10.2. The second kappa shape index (κ2) is 5.74. The fraction of sp³-hybridized carbons (Fsp3) is 0.294. The summed E-state index contributed by atoms with van der Waals surface area (Å²) >= 11 is 5.99. The van der Waals surface area contributed by atoms with Gasteiger partial charge < -0.3 is 9.32 Å². The Bertz CT molecular complexity index is 841. The van der Waals surface area contributed by atoms with Crippen molar-refractivity contribution in [1.82, 2.24) is 14.7 Å². The maximum absolute atomic E-state index is 12.8. The van der Waals surface area contributed by atoms with Crippen LogP contribution in [-0.2, 0) is 6.54 Å². The second-order valence-corrected chi connectivity index (χ2v) is 6.25. The first-order chi connectivity index (χ1) is 11.2. The molecule has 6 heteroatoms. The summed E-state index contributed by atoms with van der Waals surface area (Å²) in [4.78, 5) is 14.7. The first kappa shape index (κ1) is 14.3. The van der Waals surface area contributed by atoms with Gasteiger partial charge in [-0.05, 0) is 43.2 Å². The Kier molecular flexibility index (Phi) is 3.58. The Hall–Kier alpha value is -2.27. The van der Waals surface area contributed by atoms with E-state index in [0.717, 1.165) is 24.8 Å². The van der Waals surface area contributed by atoms with Gasteiger partial charge in [-0.2, -0.15) is 5.10 Å². The standard InChI is InChI=1S/C17H16ClN3O2/c18-13-4-5-15-12(9-13)10-16(23-15)17(22)21-8-1-3-14(21)11-20-7-2-6-19-20/h2,4-7,9-10,14H,1,3,8,11H2. The van der Waals surface area contributed by atoms with Crippen LogP contribution in [0, 0.1) is 0 Å². The molecule has 2 aromatic heterocycles. The van der Waals surface area contributed by atoms with E-state index in [1.54, 1.807) is 24.4 Å². The molecule has 1 unspecified atom stereocenters. The van der Waals surface area contributed by atoms with Crippen LogP contribution in [0.25, 0.3) is 11.0 Å². The quantitative estimate of drug-likeness (QED) is 0.738. The minimum Gasteiger partial charge on any atom is -0.451 e. The molecule has 0 bridgehead atoms. The topological polar surface area (TPSA) is 51.3 Å². The van der Waals surface area contributed by atoms with E-state index in [1.807, 2.05) is 27.9 Å². The highest BCUT2D eigenvalue weighted by Gasteiger charge is 2.31. The van der Waals surface area contributed by atoms with E-state index in [2.05, 4.69) is 5.10 Å². The number of carbonyl (C=O) groups is 1. The van der Waals surface area contributed by atoms with E-state index in [0.29, 0.717) is 22.9 Å². The second-order valence-electron chi connectivity index (χ2n) is 5.82. The lowest BCUT2D eigenvalue weighted by Crippen LogP contribution is -2.38. The molecule has 0 aliphatic carbocycles. The molecule has 3 heterocycles. The Morgan fingerprint density at radius 2 is 2.30 bits per heavy atom. The smallest absolute Gasteiger partial charge is 0.289 e. The highest BCUT2D eigenvalue weighted by Crippen LogP contribution is 2.26. The zero-order chi connectivity index (χ0) is 15.8. The number of amides is 1. The fourth-order valence-corrected chi connectivity index (χ4v) is 3.36. The van der Waals surface area contributed by atoms with Crippen LogP contribution in [0.5, 0.6) is 0 Å². The SMILES string of the molecule is O=C(c1cc2cc(Cl)ccc2o1)N1CCCC1Cn1cccn1. The van der Waals surface area contributed by atoms with Gasteiger partial charge in [-0.25, -0.2) is 0 Å². The largest absolute Gasteiger partial charge is 0.451 e. The predicted octanol–water partition coefficient (Wildman–Crippen LogP) is 3.59. The Labute approximate surface area is 138 Å². The number of aromatic nitrogens is 2. The van der Waals surface area contributed by atoms with Crippen molar-refractivity contribution in [2.24, 2.45) is 0 Å². The molecule has 1 amide bonds. The molecule has 1 aromatic carbocycles. The highest BCUT2D eigenvalue weighted by atomic mass is 35.5. The molecule has 0 spiro atoms. The van der Waals surface area contributed by atoms with Gasteiger partial charge in [-0.15, -0.1) is 0 Å².